The first kappa shape index (κ1) is 16.6. The van der Waals surface area contributed by atoms with Crippen LogP contribution in [-0.2, 0) is 14.3 Å². The number of likely N-dealkylation sites (tertiary alicyclic amines) is 1. The minimum atomic E-state index is -3.60. The molecule has 0 bridgehead atoms. The first-order valence-electron chi connectivity index (χ1n) is 6.09. The lowest BCUT2D eigenvalue weighted by Gasteiger charge is -2.40. The van der Waals surface area contributed by atoms with Gasteiger partial charge in [0.1, 0.15) is 17.6 Å². The van der Waals surface area contributed by atoms with Crippen LogP contribution in [0.4, 0.5) is 13.6 Å². The van der Waals surface area contributed by atoms with Crippen molar-refractivity contribution < 1.29 is 33.0 Å². The zero-order valence-corrected chi connectivity index (χ0v) is 11.9. The fourth-order valence-electron chi connectivity index (χ4n) is 1.86. The number of carbonyl (C=O) groups excluding carboxylic acids is 2. The molecule has 116 valence electrons. The molecule has 0 saturated carbocycles. The molecule has 1 rings (SSSR count). The molecule has 0 aliphatic carbocycles. The highest BCUT2D eigenvalue weighted by Crippen LogP contribution is 2.32. The zero-order valence-electron chi connectivity index (χ0n) is 11.9. The maximum absolute atomic E-state index is 13.7. The average Bonchev–Trinajstić information content (AvgIpc) is 2.29. The number of halogens is 2. The Morgan fingerprint density at radius 2 is 1.90 bits per heavy atom. The van der Waals surface area contributed by atoms with Crippen LogP contribution in [0.3, 0.4) is 0 Å². The normalized spacial score (nSPS) is 26.1. The Balaban J connectivity index is 2.90. The number of amides is 1. The fraction of sp³-hybridized carbons (Fsp3) is 0.833. The monoisotopic (exact) mass is 295 g/mol. The lowest BCUT2D eigenvalue weighted by atomic mass is 9.92. The molecule has 1 aliphatic heterocycles. The smallest absolute Gasteiger partial charge is 0.410 e. The van der Waals surface area contributed by atoms with Crippen LogP contribution in [0.1, 0.15) is 20.8 Å². The second kappa shape index (κ2) is 5.51. The Hall–Kier alpha value is -1.44. The van der Waals surface area contributed by atoms with E-state index >= 15 is 0 Å². The molecular weight excluding hydrogens is 276 g/mol. The van der Waals surface area contributed by atoms with Crippen LogP contribution in [-0.4, -0.2) is 59.9 Å². The highest BCUT2D eigenvalue weighted by atomic mass is 19.3. The summed E-state index contributed by atoms with van der Waals surface area (Å²) in [4.78, 5) is 23.9. The van der Waals surface area contributed by atoms with Crippen molar-refractivity contribution in [2.75, 3.05) is 20.2 Å². The maximum Gasteiger partial charge on any atom is 0.410 e. The van der Waals surface area contributed by atoms with Crippen LogP contribution in [0.2, 0.25) is 0 Å². The molecule has 1 aliphatic rings. The van der Waals surface area contributed by atoms with Gasteiger partial charge in [-0.2, -0.15) is 0 Å². The molecule has 6 nitrogen and oxygen atoms in total. The van der Waals surface area contributed by atoms with E-state index in [0.717, 1.165) is 7.11 Å². The predicted octanol–water partition coefficient (Wildman–Crippen LogP) is 1.02. The lowest BCUT2D eigenvalue weighted by molar-refractivity contribution is -0.189. The van der Waals surface area contributed by atoms with E-state index in [4.69, 9.17) is 4.74 Å². The molecule has 0 radical (unpaired) electrons. The zero-order chi connectivity index (χ0) is 15.7. The van der Waals surface area contributed by atoms with Gasteiger partial charge in [0.2, 0.25) is 0 Å². The lowest BCUT2D eigenvalue weighted by Crippen LogP contribution is -2.60. The van der Waals surface area contributed by atoms with Crippen LogP contribution in [0.25, 0.3) is 0 Å². The number of methoxy groups -OCH3 is 1. The van der Waals surface area contributed by atoms with E-state index in [-0.39, 0.29) is 6.54 Å². The van der Waals surface area contributed by atoms with Crippen LogP contribution < -0.4 is 0 Å². The summed E-state index contributed by atoms with van der Waals surface area (Å²) in [6, 6.07) is 0. The van der Waals surface area contributed by atoms with E-state index in [1.807, 2.05) is 0 Å². The Bertz CT molecular complexity index is 394. The molecule has 0 aromatic heterocycles. The molecule has 1 N–H and O–H groups in total. The van der Waals surface area contributed by atoms with Gasteiger partial charge in [0.05, 0.1) is 13.7 Å². The summed E-state index contributed by atoms with van der Waals surface area (Å²) in [5.74, 6) is -6.10. The van der Waals surface area contributed by atoms with Crippen molar-refractivity contribution in [3.8, 4) is 0 Å². The molecular formula is C12H19F2NO5. The summed E-state index contributed by atoms with van der Waals surface area (Å²) in [7, 11) is 1.03. The Labute approximate surface area is 115 Å². The first-order valence-corrected chi connectivity index (χ1v) is 6.09. The molecule has 1 amide bonds. The van der Waals surface area contributed by atoms with Gasteiger partial charge in [0.15, 0.2) is 0 Å². The summed E-state index contributed by atoms with van der Waals surface area (Å²) in [6.45, 7) is 3.41. The second-order valence-electron chi connectivity index (χ2n) is 5.70. The van der Waals surface area contributed by atoms with Gasteiger partial charge < -0.3 is 19.5 Å². The third kappa shape index (κ3) is 3.78. The van der Waals surface area contributed by atoms with Crippen molar-refractivity contribution in [2.45, 2.75) is 38.4 Å². The number of aliphatic hydroxyl groups excluding tert-OH is 1. The van der Waals surface area contributed by atoms with Gasteiger partial charge in [-0.15, -0.1) is 0 Å². The SMILES string of the molecule is COC(=O)C1CN(C(=O)OC(C)(C)C)CC(F)(F)C1O. The highest BCUT2D eigenvalue weighted by Gasteiger charge is 2.53. The van der Waals surface area contributed by atoms with Gasteiger partial charge in [0.25, 0.3) is 5.92 Å². The van der Waals surface area contributed by atoms with Crippen LogP contribution >= 0.6 is 0 Å². The standard InChI is InChI=1S/C12H19F2NO5/c1-11(2,3)20-10(18)15-5-7(9(17)19-4)8(16)12(13,14)6-15/h7-8,16H,5-6H2,1-4H3. The van der Waals surface area contributed by atoms with Gasteiger partial charge in [0, 0.05) is 6.54 Å². The van der Waals surface area contributed by atoms with Gasteiger partial charge in [-0.1, -0.05) is 0 Å². The molecule has 1 heterocycles. The van der Waals surface area contributed by atoms with Gasteiger partial charge in [-0.25, -0.2) is 13.6 Å². The van der Waals surface area contributed by atoms with E-state index in [9.17, 15) is 23.5 Å². The van der Waals surface area contributed by atoms with E-state index in [1.54, 1.807) is 20.8 Å². The third-order valence-electron chi connectivity index (χ3n) is 2.79. The number of nitrogens with zero attached hydrogens (tertiary/aromatic N) is 1. The molecule has 20 heavy (non-hydrogen) atoms. The Morgan fingerprint density at radius 3 is 2.35 bits per heavy atom. The Kier molecular flexibility index (Phi) is 4.58. The topological polar surface area (TPSA) is 76.1 Å². The van der Waals surface area contributed by atoms with Crippen molar-refractivity contribution in [3.63, 3.8) is 0 Å². The van der Waals surface area contributed by atoms with E-state index in [1.165, 1.54) is 0 Å². The van der Waals surface area contributed by atoms with E-state index in [2.05, 4.69) is 4.74 Å². The van der Waals surface area contributed by atoms with Crippen molar-refractivity contribution in [1.82, 2.24) is 4.90 Å². The van der Waals surface area contributed by atoms with Gasteiger partial charge >= 0.3 is 12.1 Å². The van der Waals surface area contributed by atoms with Crippen molar-refractivity contribution in [3.05, 3.63) is 0 Å². The number of rotatable bonds is 1. The number of aliphatic hydroxyl groups is 1. The number of hydrogen-bond acceptors (Lipinski definition) is 5. The summed E-state index contributed by atoms with van der Waals surface area (Å²) in [6.07, 6.45) is -3.15. The average molecular weight is 295 g/mol. The molecule has 2 atom stereocenters. The molecule has 8 heteroatoms. The summed E-state index contributed by atoms with van der Waals surface area (Å²) < 4.78 is 36.7. The summed E-state index contributed by atoms with van der Waals surface area (Å²) in [5.41, 5.74) is -0.844. The quantitative estimate of drug-likeness (QED) is 0.731. The number of ether oxygens (including phenoxy) is 2. The second-order valence-corrected chi connectivity index (χ2v) is 5.70. The van der Waals surface area contributed by atoms with E-state index < -0.39 is 42.2 Å². The molecule has 0 spiro atoms. The largest absolute Gasteiger partial charge is 0.469 e. The number of carbonyl (C=O) groups is 2. The van der Waals surface area contributed by atoms with Crippen molar-refractivity contribution >= 4 is 12.1 Å². The molecule has 0 aromatic carbocycles. The van der Waals surface area contributed by atoms with Crippen molar-refractivity contribution in [2.24, 2.45) is 5.92 Å². The minimum Gasteiger partial charge on any atom is -0.469 e. The molecule has 0 aromatic rings. The van der Waals surface area contributed by atoms with Crippen molar-refractivity contribution in [1.29, 1.82) is 0 Å². The maximum atomic E-state index is 13.7. The number of alkyl halides is 2. The molecule has 1 saturated heterocycles. The van der Waals surface area contributed by atoms with Crippen LogP contribution in [0.5, 0.6) is 0 Å². The molecule has 2 unspecified atom stereocenters. The van der Waals surface area contributed by atoms with Crippen LogP contribution in [0.15, 0.2) is 0 Å². The number of piperidine rings is 1. The minimum absolute atomic E-state index is 0.377. The van der Waals surface area contributed by atoms with Gasteiger partial charge in [-0.05, 0) is 20.8 Å². The molecule has 1 fully saturated rings. The first-order chi connectivity index (χ1) is 8.98. The number of hydrogen-bond donors (Lipinski definition) is 1. The van der Waals surface area contributed by atoms with E-state index in [0.29, 0.717) is 4.90 Å². The third-order valence-corrected chi connectivity index (χ3v) is 2.79. The number of esters is 1. The fourth-order valence-corrected chi connectivity index (χ4v) is 1.86. The summed E-state index contributed by atoms with van der Waals surface area (Å²) in [5, 5.41) is 9.50. The van der Waals surface area contributed by atoms with Crippen LogP contribution in [0, 0.1) is 5.92 Å². The predicted molar refractivity (Wildman–Crippen MR) is 64.3 cm³/mol. The van der Waals surface area contributed by atoms with Gasteiger partial charge in [-0.3, -0.25) is 4.79 Å². The summed E-state index contributed by atoms with van der Waals surface area (Å²) >= 11 is 0. The Morgan fingerprint density at radius 1 is 1.35 bits per heavy atom. The highest BCUT2D eigenvalue weighted by molar-refractivity contribution is 5.76.